The number of carbonyl (C=O) groups excluding carboxylic acids is 2. The Morgan fingerprint density at radius 3 is 1.79 bits per heavy atom. The number of esters is 1. The number of benzene rings is 4. The molecule has 1 aliphatic heterocycles. The van der Waals surface area contributed by atoms with Gasteiger partial charge in [-0.05, 0) is 72.1 Å². The van der Waals surface area contributed by atoms with Crippen molar-refractivity contribution in [2.24, 2.45) is 0 Å². The van der Waals surface area contributed by atoms with Crippen molar-refractivity contribution in [3.05, 3.63) is 142 Å². The molecular weight excluding hydrogens is 596 g/mol. The van der Waals surface area contributed by atoms with Gasteiger partial charge in [0.1, 0.15) is 16.9 Å². The number of ether oxygens (including phenoxy) is 1. The first-order valence-electron chi connectivity index (χ1n) is 13.6. The second-order valence-corrected chi connectivity index (χ2v) is 12.8. The van der Waals surface area contributed by atoms with Crippen molar-refractivity contribution >= 4 is 33.2 Å². The summed E-state index contributed by atoms with van der Waals surface area (Å²) in [6.45, 7) is 1.55. The number of carbonyl (C=O) groups is 2. The van der Waals surface area contributed by atoms with Gasteiger partial charge in [0.05, 0.1) is 18.7 Å². The van der Waals surface area contributed by atoms with Crippen LogP contribution in [0.2, 0.25) is 5.02 Å². The van der Waals surface area contributed by atoms with Crippen molar-refractivity contribution in [3.8, 4) is 0 Å². The van der Waals surface area contributed by atoms with Gasteiger partial charge in [-0.3, -0.25) is 14.5 Å². The first kappa shape index (κ1) is 30.5. The van der Waals surface area contributed by atoms with Crippen molar-refractivity contribution in [1.29, 1.82) is 0 Å². The van der Waals surface area contributed by atoms with Crippen molar-refractivity contribution < 1.29 is 31.5 Å². The summed E-state index contributed by atoms with van der Waals surface area (Å²) in [6.07, 6.45) is 0. The summed E-state index contributed by atoms with van der Waals surface area (Å²) in [5, 5.41) is -3.27. The number of sulfone groups is 1. The molecule has 10 heteroatoms. The minimum absolute atomic E-state index is 0.0765. The molecule has 0 N–H and O–H groups in total. The van der Waals surface area contributed by atoms with Gasteiger partial charge in [-0.15, -0.1) is 0 Å². The van der Waals surface area contributed by atoms with Crippen LogP contribution in [0.3, 0.4) is 0 Å². The van der Waals surface area contributed by atoms with Gasteiger partial charge >= 0.3 is 5.97 Å². The van der Waals surface area contributed by atoms with Gasteiger partial charge < -0.3 is 4.74 Å². The van der Waals surface area contributed by atoms with Crippen LogP contribution in [-0.2, 0) is 25.9 Å². The first-order chi connectivity index (χ1) is 20.6. The molecule has 43 heavy (non-hydrogen) atoms. The molecule has 1 saturated heterocycles. The standard InChI is InChI=1S/C33H28ClF2NO5S/c1-2-42-33(39)32-29(23-12-18-27(36)19-13-23)37(20-21-6-4-3-5-7-21)28(22-10-16-26(35)17-11-22)31(43(32,40)41)30(38)24-8-14-25(34)15-9-24/h3-19,28-29,31-32H,2,20H2,1H3/t28-,29+,31+,32-/m1/s1. The van der Waals surface area contributed by atoms with E-state index in [1.807, 2.05) is 30.3 Å². The number of Topliss-reactive ketones (excluding diaryl/α,β-unsaturated/α-hetero) is 1. The molecule has 0 amide bonds. The highest BCUT2D eigenvalue weighted by Gasteiger charge is 2.59. The predicted octanol–water partition coefficient (Wildman–Crippen LogP) is 6.51. The largest absolute Gasteiger partial charge is 0.465 e. The molecule has 4 atom stereocenters. The van der Waals surface area contributed by atoms with Crippen molar-refractivity contribution in [2.75, 3.05) is 6.61 Å². The number of ketones is 1. The molecule has 0 spiro atoms. The molecule has 0 aliphatic carbocycles. The Morgan fingerprint density at radius 1 is 0.767 bits per heavy atom. The smallest absolute Gasteiger partial charge is 0.326 e. The maximum absolute atomic E-state index is 14.7. The maximum Gasteiger partial charge on any atom is 0.326 e. The Labute approximate surface area is 253 Å². The molecule has 0 aromatic heterocycles. The Hall–Kier alpha value is -3.92. The van der Waals surface area contributed by atoms with Crippen molar-refractivity contribution in [3.63, 3.8) is 0 Å². The summed E-state index contributed by atoms with van der Waals surface area (Å²) in [4.78, 5) is 29.6. The molecule has 4 aromatic carbocycles. The molecule has 0 saturated carbocycles. The van der Waals surface area contributed by atoms with Crippen molar-refractivity contribution in [2.45, 2.75) is 36.1 Å². The third-order valence-corrected chi connectivity index (χ3v) is 10.1. The third-order valence-electron chi connectivity index (χ3n) is 7.53. The van der Waals surface area contributed by atoms with Gasteiger partial charge in [0.25, 0.3) is 0 Å². The average molecular weight is 624 g/mol. The summed E-state index contributed by atoms with van der Waals surface area (Å²) in [7, 11) is -4.67. The van der Waals surface area contributed by atoms with Crippen LogP contribution in [-0.4, -0.2) is 42.2 Å². The van der Waals surface area contributed by atoms with Gasteiger partial charge in [-0.1, -0.05) is 66.2 Å². The maximum atomic E-state index is 14.7. The zero-order valence-corrected chi connectivity index (χ0v) is 24.6. The van der Waals surface area contributed by atoms with Gasteiger partial charge in [0.2, 0.25) is 0 Å². The number of hydrogen-bond acceptors (Lipinski definition) is 6. The zero-order chi connectivity index (χ0) is 30.7. The molecule has 0 radical (unpaired) electrons. The molecule has 1 aliphatic rings. The van der Waals surface area contributed by atoms with Gasteiger partial charge in [-0.2, -0.15) is 0 Å². The lowest BCUT2D eigenvalue weighted by atomic mass is 9.90. The van der Waals surface area contributed by atoms with E-state index in [2.05, 4.69) is 0 Å². The lowest BCUT2D eigenvalue weighted by Crippen LogP contribution is -2.60. The van der Waals surface area contributed by atoms with E-state index in [1.165, 1.54) is 72.8 Å². The first-order valence-corrected chi connectivity index (χ1v) is 15.6. The van der Waals surface area contributed by atoms with Crippen LogP contribution in [0.1, 0.15) is 46.1 Å². The summed E-state index contributed by atoms with van der Waals surface area (Å²) in [6, 6.07) is 23.0. The van der Waals surface area contributed by atoms with E-state index in [-0.39, 0.29) is 18.7 Å². The Kier molecular flexibility index (Phi) is 9.05. The fourth-order valence-electron chi connectivity index (χ4n) is 5.64. The van der Waals surface area contributed by atoms with Gasteiger partial charge in [0, 0.05) is 17.1 Å². The van der Waals surface area contributed by atoms with Crippen LogP contribution in [0.5, 0.6) is 0 Å². The number of rotatable bonds is 8. The summed E-state index contributed by atoms with van der Waals surface area (Å²) in [5.41, 5.74) is 1.53. The average Bonchev–Trinajstić information content (AvgIpc) is 2.99. The summed E-state index contributed by atoms with van der Waals surface area (Å²) >= 11 is 6.05. The normalized spacial score (nSPS) is 21.7. The van der Waals surface area contributed by atoms with Crippen molar-refractivity contribution in [1.82, 2.24) is 4.90 Å². The highest BCUT2D eigenvalue weighted by atomic mass is 35.5. The Morgan fingerprint density at radius 2 is 1.28 bits per heavy atom. The quantitative estimate of drug-likeness (QED) is 0.164. The Balaban J connectivity index is 1.81. The van der Waals surface area contributed by atoms with E-state index in [4.69, 9.17) is 16.3 Å². The van der Waals surface area contributed by atoms with E-state index in [0.29, 0.717) is 16.1 Å². The van der Waals surface area contributed by atoms with Crippen LogP contribution in [0, 0.1) is 11.6 Å². The highest BCUT2D eigenvalue weighted by Crippen LogP contribution is 2.48. The minimum Gasteiger partial charge on any atom is -0.465 e. The van der Waals surface area contributed by atoms with Crippen LogP contribution in [0.15, 0.2) is 103 Å². The molecule has 4 aromatic rings. The van der Waals surface area contributed by atoms with Crippen LogP contribution in [0.25, 0.3) is 0 Å². The number of halogens is 3. The molecule has 1 heterocycles. The Bertz CT molecular complexity index is 1700. The van der Waals surface area contributed by atoms with Crippen LogP contribution >= 0.6 is 11.6 Å². The van der Waals surface area contributed by atoms with Gasteiger partial charge in [-0.25, -0.2) is 17.2 Å². The van der Waals surface area contributed by atoms with E-state index < -0.39 is 55.8 Å². The fourth-order valence-corrected chi connectivity index (χ4v) is 8.20. The molecule has 222 valence electrons. The molecule has 5 rings (SSSR count). The third kappa shape index (κ3) is 6.25. The summed E-state index contributed by atoms with van der Waals surface area (Å²) < 4.78 is 62.9. The predicted molar refractivity (Wildman–Crippen MR) is 159 cm³/mol. The highest BCUT2D eigenvalue weighted by molar-refractivity contribution is 7.94. The molecular formula is C33H28ClF2NO5S. The van der Waals surface area contributed by atoms with Gasteiger partial charge in [0.15, 0.2) is 20.9 Å². The number of hydrogen-bond donors (Lipinski definition) is 0. The number of nitrogens with zero attached hydrogens (tertiary/aromatic N) is 1. The lowest BCUT2D eigenvalue weighted by Gasteiger charge is -2.48. The second-order valence-electron chi connectivity index (χ2n) is 10.2. The summed E-state index contributed by atoms with van der Waals surface area (Å²) in [5.74, 6) is -2.87. The fraction of sp³-hybridized carbons (Fsp3) is 0.212. The second kappa shape index (κ2) is 12.8. The minimum atomic E-state index is -4.67. The van der Waals surface area contributed by atoms with Crippen LogP contribution in [0.4, 0.5) is 8.78 Å². The van der Waals surface area contributed by atoms with E-state index in [9.17, 15) is 26.8 Å². The zero-order valence-electron chi connectivity index (χ0n) is 23.1. The SMILES string of the molecule is CCOC(=O)[C@H]1[C@H](c2ccc(F)cc2)N(Cc2ccccc2)[C@H](c2ccc(F)cc2)[C@@H](C(=O)c2ccc(Cl)cc2)S1(=O)=O. The molecule has 0 bridgehead atoms. The lowest BCUT2D eigenvalue weighted by molar-refractivity contribution is -0.144. The van der Waals surface area contributed by atoms with Crippen LogP contribution < -0.4 is 0 Å². The monoisotopic (exact) mass is 623 g/mol. The molecule has 1 fully saturated rings. The van der Waals surface area contributed by atoms with E-state index >= 15 is 0 Å². The molecule has 0 unspecified atom stereocenters. The van der Waals surface area contributed by atoms with E-state index in [0.717, 1.165) is 5.56 Å². The van der Waals surface area contributed by atoms with E-state index in [1.54, 1.807) is 11.8 Å². The molecule has 6 nitrogen and oxygen atoms in total. The topological polar surface area (TPSA) is 80.8 Å².